The Morgan fingerprint density at radius 1 is 1.46 bits per heavy atom. The molecule has 0 bridgehead atoms. The summed E-state index contributed by atoms with van der Waals surface area (Å²) in [6, 6.07) is 6.21. The molecule has 0 radical (unpaired) electrons. The van der Waals surface area contributed by atoms with Crippen LogP contribution in [0.5, 0.6) is 5.75 Å². The average molecular weight is 172 g/mol. The highest BCUT2D eigenvalue weighted by atomic mass is 16.5. The van der Waals surface area contributed by atoms with Gasteiger partial charge in [0.05, 0.1) is 6.61 Å². The highest BCUT2D eigenvalue weighted by molar-refractivity contribution is 5.46. The molecule has 13 heavy (non-hydrogen) atoms. The number of rotatable bonds is 0. The zero-order valence-electron chi connectivity index (χ0n) is 7.76. The van der Waals surface area contributed by atoms with E-state index in [0.29, 0.717) is 0 Å². The van der Waals surface area contributed by atoms with Crippen LogP contribution in [0.3, 0.4) is 0 Å². The van der Waals surface area contributed by atoms with E-state index < -0.39 is 0 Å². The third-order valence-electron chi connectivity index (χ3n) is 2.11. The highest BCUT2D eigenvalue weighted by Crippen LogP contribution is 2.25. The Kier molecular flexibility index (Phi) is 2.23. The quantitative estimate of drug-likeness (QED) is 0.546. The number of fused-ring (bicyclic) bond motifs is 1. The van der Waals surface area contributed by atoms with Gasteiger partial charge in [-0.1, -0.05) is 24.8 Å². The van der Waals surface area contributed by atoms with Crippen LogP contribution in [-0.2, 0) is 6.42 Å². The van der Waals surface area contributed by atoms with Gasteiger partial charge in [-0.15, -0.1) is 0 Å². The molecule has 0 aliphatic carbocycles. The lowest BCUT2D eigenvalue weighted by atomic mass is 10.1. The second-order valence-electron chi connectivity index (χ2n) is 3.08. The fourth-order valence-electron chi connectivity index (χ4n) is 1.43. The van der Waals surface area contributed by atoms with Gasteiger partial charge in [0, 0.05) is 18.4 Å². The maximum Gasteiger partial charge on any atom is 0.123 e. The van der Waals surface area contributed by atoms with Crippen molar-refractivity contribution < 1.29 is 4.74 Å². The standard InChI is InChI=1S/C12H12O/c1-2-3-4-10-5-6-11-7-8-13-12(11)9-10/h5-6,9H,2,7-8H2,1H3. The number of hydrogen-bond donors (Lipinski definition) is 0. The normalized spacial score (nSPS) is 12.7. The third kappa shape index (κ3) is 1.67. The van der Waals surface area contributed by atoms with Gasteiger partial charge in [0.15, 0.2) is 0 Å². The lowest BCUT2D eigenvalue weighted by molar-refractivity contribution is 0.356. The number of benzene rings is 1. The first-order valence-electron chi connectivity index (χ1n) is 4.65. The molecular formula is C12H12O. The van der Waals surface area contributed by atoms with Crippen LogP contribution >= 0.6 is 0 Å². The van der Waals surface area contributed by atoms with E-state index in [4.69, 9.17) is 4.74 Å². The minimum absolute atomic E-state index is 0.819. The summed E-state index contributed by atoms with van der Waals surface area (Å²) in [5.41, 5.74) is 2.37. The third-order valence-corrected chi connectivity index (χ3v) is 2.11. The molecule has 0 N–H and O–H groups in total. The van der Waals surface area contributed by atoms with Crippen LogP contribution < -0.4 is 4.74 Å². The van der Waals surface area contributed by atoms with E-state index in [-0.39, 0.29) is 0 Å². The largest absolute Gasteiger partial charge is 0.493 e. The van der Waals surface area contributed by atoms with E-state index >= 15 is 0 Å². The van der Waals surface area contributed by atoms with Crippen LogP contribution in [-0.4, -0.2) is 6.61 Å². The minimum atomic E-state index is 0.819. The van der Waals surface area contributed by atoms with Crippen molar-refractivity contribution >= 4 is 0 Å². The fraction of sp³-hybridized carbons (Fsp3) is 0.333. The molecule has 1 aliphatic heterocycles. The average Bonchev–Trinajstić information content (AvgIpc) is 2.61. The Balaban J connectivity index is 2.31. The molecule has 1 heteroatoms. The lowest BCUT2D eigenvalue weighted by Gasteiger charge is -1.97. The smallest absolute Gasteiger partial charge is 0.123 e. The van der Waals surface area contributed by atoms with Gasteiger partial charge < -0.3 is 4.74 Å². The number of hydrogen-bond acceptors (Lipinski definition) is 1. The van der Waals surface area contributed by atoms with E-state index in [9.17, 15) is 0 Å². The SMILES string of the molecule is CCC#Cc1ccc2c(c1)OCC2. The molecule has 2 rings (SSSR count). The topological polar surface area (TPSA) is 9.23 Å². The molecule has 0 amide bonds. The molecule has 66 valence electrons. The van der Waals surface area contributed by atoms with Gasteiger partial charge in [-0.3, -0.25) is 0 Å². The van der Waals surface area contributed by atoms with Gasteiger partial charge in [0.2, 0.25) is 0 Å². The lowest BCUT2D eigenvalue weighted by Crippen LogP contribution is -1.86. The molecule has 0 spiro atoms. The monoisotopic (exact) mass is 172 g/mol. The second kappa shape index (κ2) is 3.53. The second-order valence-corrected chi connectivity index (χ2v) is 3.08. The van der Waals surface area contributed by atoms with Crippen LogP contribution in [0.15, 0.2) is 18.2 Å². The molecular weight excluding hydrogens is 160 g/mol. The molecule has 1 aromatic carbocycles. The Hall–Kier alpha value is -1.42. The van der Waals surface area contributed by atoms with E-state index in [1.807, 2.05) is 6.07 Å². The zero-order valence-corrected chi connectivity index (χ0v) is 7.76. The molecule has 1 aromatic rings. The fourth-order valence-corrected chi connectivity index (χ4v) is 1.43. The van der Waals surface area contributed by atoms with E-state index in [2.05, 4.69) is 30.9 Å². The summed E-state index contributed by atoms with van der Waals surface area (Å²) >= 11 is 0. The highest BCUT2D eigenvalue weighted by Gasteiger charge is 2.10. The summed E-state index contributed by atoms with van der Waals surface area (Å²) in [5.74, 6) is 7.16. The van der Waals surface area contributed by atoms with Crippen molar-refractivity contribution in [1.82, 2.24) is 0 Å². The van der Waals surface area contributed by atoms with Crippen LogP contribution in [0.4, 0.5) is 0 Å². The molecule has 0 saturated heterocycles. The van der Waals surface area contributed by atoms with Gasteiger partial charge in [-0.2, -0.15) is 0 Å². The Bertz CT molecular complexity index is 368. The summed E-state index contributed by atoms with van der Waals surface area (Å²) in [7, 11) is 0. The Morgan fingerprint density at radius 2 is 2.38 bits per heavy atom. The predicted octanol–water partition coefficient (Wildman–Crippen LogP) is 2.38. The molecule has 1 nitrogen and oxygen atoms in total. The summed E-state index contributed by atoms with van der Waals surface area (Å²) in [6.07, 6.45) is 1.94. The maximum absolute atomic E-state index is 5.45. The molecule has 0 saturated carbocycles. The first kappa shape index (κ1) is 8.19. The van der Waals surface area contributed by atoms with Gasteiger partial charge >= 0.3 is 0 Å². The van der Waals surface area contributed by atoms with Crippen molar-refractivity contribution in [2.45, 2.75) is 19.8 Å². The first-order chi connectivity index (χ1) is 6.40. The first-order valence-corrected chi connectivity index (χ1v) is 4.65. The van der Waals surface area contributed by atoms with E-state index in [1.54, 1.807) is 0 Å². The molecule has 1 heterocycles. The van der Waals surface area contributed by atoms with Crippen molar-refractivity contribution in [2.75, 3.05) is 6.61 Å². The van der Waals surface area contributed by atoms with Gasteiger partial charge in [0.25, 0.3) is 0 Å². The van der Waals surface area contributed by atoms with Crippen molar-refractivity contribution in [3.05, 3.63) is 29.3 Å². The number of ether oxygens (including phenoxy) is 1. The van der Waals surface area contributed by atoms with Gasteiger partial charge in [0.1, 0.15) is 5.75 Å². The Labute approximate surface area is 78.7 Å². The van der Waals surface area contributed by atoms with Crippen LogP contribution in [0, 0.1) is 11.8 Å². The molecule has 0 fully saturated rings. The van der Waals surface area contributed by atoms with Crippen LogP contribution in [0.25, 0.3) is 0 Å². The summed E-state index contributed by atoms with van der Waals surface area (Å²) in [6.45, 7) is 2.87. The minimum Gasteiger partial charge on any atom is -0.493 e. The van der Waals surface area contributed by atoms with Crippen molar-refractivity contribution in [1.29, 1.82) is 0 Å². The van der Waals surface area contributed by atoms with Crippen molar-refractivity contribution in [3.63, 3.8) is 0 Å². The Morgan fingerprint density at radius 3 is 3.23 bits per heavy atom. The van der Waals surface area contributed by atoms with E-state index in [0.717, 1.165) is 30.8 Å². The van der Waals surface area contributed by atoms with Crippen molar-refractivity contribution in [3.8, 4) is 17.6 Å². The summed E-state index contributed by atoms with van der Waals surface area (Å²) in [4.78, 5) is 0. The predicted molar refractivity (Wildman–Crippen MR) is 52.8 cm³/mol. The summed E-state index contributed by atoms with van der Waals surface area (Å²) in [5, 5.41) is 0. The van der Waals surface area contributed by atoms with Crippen molar-refractivity contribution in [2.24, 2.45) is 0 Å². The van der Waals surface area contributed by atoms with E-state index in [1.165, 1.54) is 5.56 Å². The zero-order chi connectivity index (χ0) is 9.10. The molecule has 0 atom stereocenters. The summed E-state index contributed by atoms with van der Waals surface area (Å²) < 4.78 is 5.45. The molecule has 1 aliphatic rings. The van der Waals surface area contributed by atoms with Crippen LogP contribution in [0.1, 0.15) is 24.5 Å². The molecule has 0 unspecified atom stereocenters. The van der Waals surface area contributed by atoms with Gasteiger partial charge in [-0.25, -0.2) is 0 Å². The van der Waals surface area contributed by atoms with Gasteiger partial charge in [-0.05, 0) is 17.7 Å². The van der Waals surface area contributed by atoms with Crippen LogP contribution in [0.2, 0.25) is 0 Å². The molecule has 0 aromatic heterocycles. The maximum atomic E-state index is 5.45.